The van der Waals surface area contributed by atoms with Crippen molar-refractivity contribution in [2.75, 3.05) is 25.5 Å². The third-order valence-corrected chi connectivity index (χ3v) is 7.96. The summed E-state index contributed by atoms with van der Waals surface area (Å²) < 4.78 is 18.4. The van der Waals surface area contributed by atoms with Crippen molar-refractivity contribution in [3.63, 3.8) is 0 Å². The first-order valence-corrected chi connectivity index (χ1v) is 14.1. The maximum Gasteiger partial charge on any atom is 0.158 e. The monoisotopic (exact) mass is 522 g/mol. The van der Waals surface area contributed by atoms with Crippen molar-refractivity contribution in [2.24, 2.45) is 0 Å². The van der Waals surface area contributed by atoms with Crippen LogP contribution < -0.4 is 5.32 Å². The molecular weight excluding hydrogens is 487 g/mol. The van der Waals surface area contributed by atoms with E-state index in [-0.39, 0.29) is 5.82 Å². The Balaban J connectivity index is 1.43. The van der Waals surface area contributed by atoms with E-state index >= 15 is 4.39 Å². The van der Waals surface area contributed by atoms with E-state index in [1.54, 1.807) is 6.20 Å². The Morgan fingerprint density at radius 3 is 2.44 bits per heavy atom. The quantitative estimate of drug-likeness (QED) is 0.223. The smallest absolute Gasteiger partial charge is 0.158 e. The van der Waals surface area contributed by atoms with Crippen LogP contribution in [0.4, 0.5) is 10.2 Å². The van der Waals surface area contributed by atoms with Crippen LogP contribution in [0.25, 0.3) is 38.9 Å². The number of hydrogen-bond donors (Lipinski definition) is 1. The Morgan fingerprint density at radius 2 is 1.72 bits per heavy atom. The summed E-state index contributed by atoms with van der Waals surface area (Å²) >= 11 is 0. The van der Waals surface area contributed by atoms with Crippen molar-refractivity contribution < 1.29 is 4.39 Å². The van der Waals surface area contributed by atoms with Crippen molar-refractivity contribution in [1.29, 1.82) is 0 Å². The van der Waals surface area contributed by atoms with Gasteiger partial charge in [-0.05, 0) is 50.9 Å². The Hall–Kier alpha value is -3.84. The average Bonchev–Trinajstić information content (AvgIpc) is 3.32. The molecule has 0 spiro atoms. The van der Waals surface area contributed by atoms with Gasteiger partial charge < -0.3 is 10.2 Å². The van der Waals surface area contributed by atoms with Gasteiger partial charge in [-0.2, -0.15) is 0 Å². The average molecular weight is 523 g/mol. The molecule has 39 heavy (non-hydrogen) atoms. The fraction of sp³-hybridized carbons (Fsp3) is 0.344. The maximum absolute atomic E-state index is 16.3. The van der Waals surface area contributed by atoms with Crippen LogP contribution in [-0.4, -0.2) is 50.4 Å². The fourth-order valence-corrected chi connectivity index (χ4v) is 5.98. The zero-order valence-electron chi connectivity index (χ0n) is 22.9. The molecule has 1 fully saturated rings. The third kappa shape index (κ3) is 4.55. The molecule has 6 nitrogen and oxygen atoms in total. The molecule has 7 heteroatoms. The predicted octanol–water partition coefficient (Wildman–Crippen LogP) is 7.16. The standard InChI is InChI=1S/C32H35FN6/c1-4-16-38(17-5-2)24-19-23(20-24)32-37-29(30-31(34-3)35-15-18-39(30)32)25-13-11-22-12-14-26(36-28(22)27(25)33)21-9-7-6-8-10-21/h6-15,18,23-24H,4-5,16-17,19-20H2,1-3H3,(H,34,35). The van der Waals surface area contributed by atoms with Crippen molar-refractivity contribution in [3.05, 3.63) is 78.6 Å². The van der Waals surface area contributed by atoms with E-state index in [0.29, 0.717) is 34.6 Å². The number of benzene rings is 2. The summed E-state index contributed by atoms with van der Waals surface area (Å²) in [6.45, 7) is 6.75. The van der Waals surface area contributed by atoms with Gasteiger partial charge in [0.2, 0.25) is 0 Å². The summed E-state index contributed by atoms with van der Waals surface area (Å²) in [6, 6.07) is 18.1. The second-order valence-electron chi connectivity index (χ2n) is 10.5. The normalized spacial score (nSPS) is 17.2. The Bertz CT molecular complexity index is 1600. The number of nitrogens with zero attached hydrogens (tertiary/aromatic N) is 5. The van der Waals surface area contributed by atoms with E-state index in [0.717, 1.165) is 66.8 Å². The first-order valence-electron chi connectivity index (χ1n) is 14.1. The number of nitrogens with one attached hydrogen (secondary N) is 1. The molecule has 6 rings (SSSR count). The van der Waals surface area contributed by atoms with Gasteiger partial charge in [-0.25, -0.2) is 19.3 Å². The van der Waals surface area contributed by atoms with Crippen LogP contribution in [0.5, 0.6) is 0 Å². The first-order chi connectivity index (χ1) is 19.1. The minimum atomic E-state index is -0.355. The van der Waals surface area contributed by atoms with Crippen LogP contribution in [0, 0.1) is 5.82 Å². The highest BCUT2D eigenvalue weighted by atomic mass is 19.1. The molecule has 200 valence electrons. The summed E-state index contributed by atoms with van der Waals surface area (Å²) in [7, 11) is 1.84. The number of anilines is 1. The van der Waals surface area contributed by atoms with Crippen molar-refractivity contribution in [1.82, 2.24) is 24.3 Å². The number of hydrogen-bond acceptors (Lipinski definition) is 5. The van der Waals surface area contributed by atoms with Crippen LogP contribution >= 0.6 is 0 Å². The number of aromatic nitrogens is 4. The van der Waals surface area contributed by atoms with Crippen LogP contribution in [0.1, 0.15) is 51.3 Å². The lowest BCUT2D eigenvalue weighted by molar-refractivity contribution is 0.105. The lowest BCUT2D eigenvalue weighted by Crippen LogP contribution is -2.45. The molecule has 5 aromatic rings. The van der Waals surface area contributed by atoms with Gasteiger partial charge >= 0.3 is 0 Å². The van der Waals surface area contributed by atoms with E-state index < -0.39 is 0 Å². The Labute approximate surface area is 228 Å². The topological polar surface area (TPSA) is 58.4 Å². The molecule has 0 saturated heterocycles. The van der Waals surface area contributed by atoms with Gasteiger partial charge in [-0.15, -0.1) is 0 Å². The van der Waals surface area contributed by atoms with Gasteiger partial charge in [0.05, 0.1) is 5.69 Å². The highest BCUT2D eigenvalue weighted by Gasteiger charge is 2.37. The summed E-state index contributed by atoms with van der Waals surface area (Å²) in [4.78, 5) is 17.0. The van der Waals surface area contributed by atoms with Crippen LogP contribution in [0.2, 0.25) is 0 Å². The molecule has 0 radical (unpaired) electrons. The van der Waals surface area contributed by atoms with Gasteiger partial charge in [-0.3, -0.25) is 4.40 Å². The molecular formula is C32H35FN6. The van der Waals surface area contributed by atoms with Crippen molar-refractivity contribution in [2.45, 2.75) is 51.5 Å². The first kappa shape index (κ1) is 25.4. The molecule has 1 aliphatic carbocycles. The summed E-state index contributed by atoms with van der Waals surface area (Å²) in [6.07, 6.45) is 8.20. The Morgan fingerprint density at radius 1 is 0.974 bits per heavy atom. The zero-order valence-corrected chi connectivity index (χ0v) is 22.9. The maximum atomic E-state index is 16.3. The second kappa shape index (κ2) is 10.7. The fourth-order valence-electron chi connectivity index (χ4n) is 5.98. The van der Waals surface area contributed by atoms with Gasteiger partial charge in [0.1, 0.15) is 22.6 Å². The molecule has 0 amide bonds. The highest BCUT2D eigenvalue weighted by Crippen LogP contribution is 2.43. The van der Waals surface area contributed by atoms with Crippen molar-refractivity contribution >= 4 is 22.2 Å². The minimum Gasteiger partial charge on any atom is -0.371 e. The molecule has 0 aliphatic heterocycles. The molecule has 0 atom stereocenters. The van der Waals surface area contributed by atoms with Gasteiger partial charge in [0, 0.05) is 47.9 Å². The van der Waals surface area contributed by atoms with E-state index in [9.17, 15) is 0 Å². The molecule has 0 unspecified atom stereocenters. The number of imidazole rings is 1. The minimum absolute atomic E-state index is 0.325. The molecule has 1 aliphatic rings. The predicted molar refractivity (Wildman–Crippen MR) is 157 cm³/mol. The lowest BCUT2D eigenvalue weighted by Gasteiger charge is -2.42. The van der Waals surface area contributed by atoms with E-state index in [2.05, 4.69) is 33.4 Å². The largest absolute Gasteiger partial charge is 0.371 e. The molecule has 0 bridgehead atoms. The molecule has 3 heterocycles. The number of halogens is 1. The van der Waals surface area contributed by atoms with Gasteiger partial charge in [0.25, 0.3) is 0 Å². The van der Waals surface area contributed by atoms with Crippen LogP contribution in [0.15, 0.2) is 67.0 Å². The summed E-state index contributed by atoms with van der Waals surface area (Å²) in [5.41, 5.74) is 3.91. The summed E-state index contributed by atoms with van der Waals surface area (Å²) in [5, 5.41) is 3.96. The number of rotatable bonds is 9. The number of pyridine rings is 1. The van der Waals surface area contributed by atoms with Gasteiger partial charge in [0.15, 0.2) is 11.6 Å². The third-order valence-electron chi connectivity index (χ3n) is 7.96. The van der Waals surface area contributed by atoms with Crippen LogP contribution in [0.3, 0.4) is 0 Å². The second-order valence-corrected chi connectivity index (χ2v) is 10.5. The molecule has 2 aromatic carbocycles. The zero-order chi connectivity index (χ0) is 26.9. The SMILES string of the molecule is CCCN(CCC)C1CC(c2nc(-c3ccc4ccc(-c5ccccc5)nc4c3F)c3c(NC)nccn23)C1. The number of fused-ring (bicyclic) bond motifs is 2. The van der Waals surface area contributed by atoms with Gasteiger partial charge in [-0.1, -0.05) is 56.3 Å². The molecule has 1 N–H and O–H groups in total. The van der Waals surface area contributed by atoms with E-state index in [4.69, 9.17) is 9.97 Å². The molecule has 3 aromatic heterocycles. The summed E-state index contributed by atoms with van der Waals surface area (Å²) in [5.74, 6) is 1.64. The lowest BCUT2D eigenvalue weighted by atomic mass is 9.78. The van der Waals surface area contributed by atoms with E-state index in [1.807, 2.05) is 67.8 Å². The van der Waals surface area contributed by atoms with Crippen molar-refractivity contribution in [3.8, 4) is 22.5 Å². The Kier molecular flexibility index (Phi) is 7.00. The molecule has 1 saturated carbocycles. The highest BCUT2D eigenvalue weighted by molar-refractivity contribution is 5.92. The van der Waals surface area contributed by atoms with E-state index in [1.165, 1.54) is 0 Å². The van der Waals surface area contributed by atoms with Crippen LogP contribution in [-0.2, 0) is 0 Å².